The molecule has 1 fully saturated rings. The van der Waals surface area contributed by atoms with E-state index in [0.717, 1.165) is 10.5 Å². The molecule has 10 heteroatoms. The van der Waals surface area contributed by atoms with Crippen LogP contribution < -0.4 is 15.4 Å². The van der Waals surface area contributed by atoms with Crippen molar-refractivity contribution in [3.05, 3.63) is 95.3 Å². The quantitative estimate of drug-likeness (QED) is 0.242. The van der Waals surface area contributed by atoms with E-state index in [4.69, 9.17) is 14.6 Å². The molecule has 1 aliphatic heterocycles. The van der Waals surface area contributed by atoms with E-state index in [1.807, 2.05) is 6.07 Å². The average Bonchev–Trinajstić information content (AvgIpc) is 3.23. The number of imide groups is 1. The van der Waals surface area contributed by atoms with Gasteiger partial charge in [-0.05, 0) is 47.9 Å². The molecule has 204 valence electrons. The van der Waals surface area contributed by atoms with Gasteiger partial charge in [0.05, 0.1) is 25.5 Å². The predicted molar refractivity (Wildman–Crippen MR) is 142 cm³/mol. The van der Waals surface area contributed by atoms with Crippen LogP contribution >= 0.6 is 0 Å². The Hall–Kier alpha value is -4.28. The zero-order valence-electron chi connectivity index (χ0n) is 21.4. The monoisotopic (exact) mass is 535 g/mol. The Bertz CT molecular complexity index is 1300. The second kappa shape index (κ2) is 13.0. The van der Waals surface area contributed by atoms with Crippen LogP contribution in [0.3, 0.4) is 0 Å². The number of nitrogens with one attached hydrogen (secondary N) is 2. The molecule has 0 aromatic heterocycles. The normalized spacial score (nSPS) is 15.7. The molecule has 4 rings (SSSR count). The third-order valence-electron chi connectivity index (χ3n) is 6.19. The van der Waals surface area contributed by atoms with Crippen molar-refractivity contribution in [1.29, 1.82) is 0 Å². The minimum absolute atomic E-state index is 0.0374. The van der Waals surface area contributed by atoms with Crippen LogP contribution in [0, 0.1) is 12.7 Å². The number of hydrogen-bond donors (Lipinski definition) is 3. The van der Waals surface area contributed by atoms with Gasteiger partial charge in [-0.15, -0.1) is 0 Å². The highest BCUT2D eigenvalue weighted by molar-refractivity contribution is 6.09. The number of carbonyl (C=O) groups excluding carboxylic acids is 3. The minimum atomic E-state index is -1.22. The molecule has 3 aromatic carbocycles. The second-order valence-corrected chi connectivity index (χ2v) is 9.02. The second-order valence-electron chi connectivity index (χ2n) is 9.02. The van der Waals surface area contributed by atoms with Gasteiger partial charge in [0.2, 0.25) is 5.91 Å². The molecule has 4 amide bonds. The lowest BCUT2D eigenvalue weighted by Crippen LogP contribution is -2.49. The maximum atomic E-state index is 14.5. The van der Waals surface area contributed by atoms with E-state index in [9.17, 15) is 18.8 Å². The fourth-order valence-electron chi connectivity index (χ4n) is 4.23. The average molecular weight is 536 g/mol. The lowest BCUT2D eigenvalue weighted by atomic mass is 10.0. The maximum Gasteiger partial charge on any atom is 0.325 e. The first-order chi connectivity index (χ1) is 18.9. The molecule has 1 saturated heterocycles. The first-order valence-electron chi connectivity index (χ1n) is 12.5. The summed E-state index contributed by atoms with van der Waals surface area (Å²) in [5.41, 5.74) is 1.90. The summed E-state index contributed by atoms with van der Waals surface area (Å²) in [7, 11) is 0. The fraction of sp³-hybridized carbons (Fsp3) is 0.276. The molecule has 1 aliphatic rings. The van der Waals surface area contributed by atoms with Crippen molar-refractivity contribution in [2.24, 2.45) is 0 Å². The number of aliphatic hydroxyl groups is 1. The van der Waals surface area contributed by atoms with Gasteiger partial charge in [0, 0.05) is 6.42 Å². The Morgan fingerprint density at radius 1 is 1.05 bits per heavy atom. The molecule has 3 aromatic rings. The molecular formula is C29H30FN3O6. The summed E-state index contributed by atoms with van der Waals surface area (Å²) in [6, 6.07) is 17.1. The summed E-state index contributed by atoms with van der Waals surface area (Å²) < 4.78 is 25.2. The highest BCUT2D eigenvalue weighted by Gasteiger charge is 2.45. The highest BCUT2D eigenvalue weighted by Crippen LogP contribution is 2.27. The van der Waals surface area contributed by atoms with Crippen LogP contribution in [-0.4, -0.2) is 60.3 Å². The van der Waals surface area contributed by atoms with Gasteiger partial charge in [-0.3, -0.25) is 9.59 Å². The van der Waals surface area contributed by atoms with Gasteiger partial charge in [0.1, 0.15) is 30.3 Å². The summed E-state index contributed by atoms with van der Waals surface area (Å²) in [5.74, 6) is -1.34. The zero-order valence-corrected chi connectivity index (χ0v) is 21.4. The predicted octanol–water partition coefficient (Wildman–Crippen LogP) is 3.36. The number of rotatable bonds is 12. The summed E-state index contributed by atoms with van der Waals surface area (Å²) in [6.07, 6.45) is 0.0527. The van der Waals surface area contributed by atoms with Gasteiger partial charge in [0.15, 0.2) is 0 Å². The Morgan fingerprint density at radius 3 is 2.49 bits per heavy atom. The number of aliphatic hydroxyl groups excluding tert-OH is 1. The van der Waals surface area contributed by atoms with Gasteiger partial charge in [-0.2, -0.15) is 0 Å². The van der Waals surface area contributed by atoms with Crippen molar-refractivity contribution >= 4 is 23.5 Å². The summed E-state index contributed by atoms with van der Waals surface area (Å²) in [6.45, 7) is 2.48. The van der Waals surface area contributed by atoms with Crippen molar-refractivity contribution in [3.63, 3.8) is 0 Å². The molecule has 39 heavy (non-hydrogen) atoms. The third-order valence-corrected chi connectivity index (χ3v) is 6.19. The minimum Gasteiger partial charge on any atom is -0.491 e. The summed E-state index contributed by atoms with van der Waals surface area (Å²) >= 11 is 0. The Balaban J connectivity index is 1.51. The van der Waals surface area contributed by atoms with Gasteiger partial charge in [-0.1, -0.05) is 48.5 Å². The third kappa shape index (κ3) is 6.98. The number of halogens is 1. The first-order valence-corrected chi connectivity index (χ1v) is 12.5. The topological polar surface area (TPSA) is 117 Å². The lowest BCUT2D eigenvalue weighted by Gasteiger charge is -2.25. The lowest BCUT2D eigenvalue weighted by molar-refractivity contribution is -0.134. The standard InChI is InChI=1S/C29H30FN3O6/c1-19-7-12-24(23(30)17-19)31-27(35)25(18-20-5-3-2-4-6-20)33-28(36)26(32-29(33)37)21-8-10-22(11-9-21)39-16-15-38-14-13-34/h2-12,17,25-26,34H,13-16,18H2,1H3,(H,31,35)(H,32,37)/t25?,26-/m1/s1. The number of amides is 4. The Morgan fingerprint density at radius 2 is 1.79 bits per heavy atom. The first kappa shape index (κ1) is 27.7. The molecule has 1 heterocycles. The summed E-state index contributed by atoms with van der Waals surface area (Å²) in [5, 5.41) is 13.9. The van der Waals surface area contributed by atoms with Crippen LogP contribution in [0.15, 0.2) is 72.8 Å². The SMILES string of the molecule is Cc1ccc(NC(=O)C(Cc2ccccc2)N2C(=O)N[C@H](c3ccc(OCCOCCO)cc3)C2=O)c(F)c1. The van der Waals surface area contributed by atoms with E-state index >= 15 is 0 Å². The Kier molecular flexibility index (Phi) is 9.24. The van der Waals surface area contributed by atoms with Crippen LogP contribution in [0.5, 0.6) is 5.75 Å². The van der Waals surface area contributed by atoms with E-state index in [1.54, 1.807) is 61.5 Å². The van der Waals surface area contributed by atoms with E-state index < -0.39 is 35.7 Å². The molecule has 0 bridgehead atoms. The summed E-state index contributed by atoms with van der Waals surface area (Å²) in [4.78, 5) is 40.8. The van der Waals surface area contributed by atoms with Gasteiger partial charge in [-0.25, -0.2) is 14.1 Å². The number of urea groups is 1. The zero-order chi connectivity index (χ0) is 27.8. The molecule has 0 spiro atoms. The fourth-order valence-corrected chi connectivity index (χ4v) is 4.23. The largest absolute Gasteiger partial charge is 0.491 e. The van der Waals surface area contributed by atoms with Crippen LogP contribution in [-0.2, 0) is 20.7 Å². The van der Waals surface area contributed by atoms with Crippen molar-refractivity contribution in [3.8, 4) is 5.75 Å². The van der Waals surface area contributed by atoms with Crippen LogP contribution in [0.25, 0.3) is 0 Å². The van der Waals surface area contributed by atoms with Crippen LogP contribution in [0.4, 0.5) is 14.9 Å². The van der Waals surface area contributed by atoms with Crippen LogP contribution in [0.1, 0.15) is 22.7 Å². The van der Waals surface area contributed by atoms with E-state index in [2.05, 4.69) is 10.6 Å². The van der Waals surface area contributed by atoms with Crippen LogP contribution in [0.2, 0.25) is 0 Å². The van der Waals surface area contributed by atoms with E-state index in [1.165, 1.54) is 12.1 Å². The van der Waals surface area contributed by atoms with Crippen molar-refractivity contribution in [1.82, 2.24) is 10.2 Å². The molecule has 0 aliphatic carbocycles. The number of anilines is 1. The molecule has 9 nitrogen and oxygen atoms in total. The number of aryl methyl sites for hydroxylation is 1. The van der Waals surface area contributed by atoms with E-state index in [-0.39, 0.29) is 31.9 Å². The smallest absolute Gasteiger partial charge is 0.325 e. The molecule has 2 atom stereocenters. The molecule has 0 saturated carbocycles. The molecular weight excluding hydrogens is 505 g/mol. The molecule has 1 unspecified atom stereocenters. The Labute approximate surface area is 225 Å². The van der Waals surface area contributed by atoms with Crippen molar-refractivity contribution in [2.75, 3.05) is 31.7 Å². The number of nitrogens with zero attached hydrogens (tertiary/aromatic N) is 1. The number of carbonyl (C=O) groups is 3. The van der Waals surface area contributed by atoms with Crippen molar-refractivity contribution < 1.29 is 33.4 Å². The van der Waals surface area contributed by atoms with E-state index in [0.29, 0.717) is 23.5 Å². The van der Waals surface area contributed by atoms with Gasteiger partial charge < -0.3 is 25.2 Å². The number of hydrogen-bond acceptors (Lipinski definition) is 6. The molecule has 0 radical (unpaired) electrons. The van der Waals surface area contributed by atoms with Crippen molar-refractivity contribution in [2.45, 2.75) is 25.4 Å². The maximum absolute atomic E-state index is 14.5. The number of benzene rings is 3. The molecule has 3 N–H and O–H groups in total. The van der Waals surface area contributed by atoms with Gasteiger partial charge in [0.25, 0.3) is 5.91 Å². The van der Waals surface area contributed by atoms with Gasteiger partial charge >= 0.3 is 6.03 Å². The number of ether oxygens (including phenoxy) is 2. The highest BCUT2D eigenvalue weighted by atomic mass is 19.1.